The Morgan fingerprint density at radius 1 is 1.14 bits per heavy atom. The summed E-state index contributed by atoms with van der Waals surface area (Å²) in [6.45, 7) is 0. The quantitative estimate of drug-likeness (QED) is 0.661. The van der Waals surface area contributed by atoms with Crippen molar-refractivity contribution in [2.45, 2.75) is 6.42 Å². The van der Waals surface area contributed by atoms with Gasteiger partial charge in [0.05, 0.1) is 11.1 Å². The number of imide groups is 1. The van der Waals surface area contributed by atoms with Crippen LogP contribution in [0.2, 0.25) is 5.02 Å². The smallest absolute Gasteiger partial charge is 0.261 e. The molecule has 0 aliphatic carbocycles. The molecule has 0 radical (unpaired) electrons. The number of halogens is 1. The summed E-state index contributed by atoms with van der Waals surface area (Å²) in [6.07, 6.45) is 2.37. The average molecular weight is 412 g/mol. The van der Waals surface area contributed by atoms with Gasteiger partial charge in [-0.1, -0.05) is 23.7 Å². The normalized spacial score (nSPS) is 13.0. The number of carbonyl (C=O) groups is 3. The van der Waals surface area contributed by atoms with Crippen molar-refractivity contribution in [3.8, 4) is 0 Å². The second kappa shape index (κ2) is 7.18. The van der Waals surface area contributed by atoms with Crippen LogP contribution >= 0.6 is 22.9 Å². The molecule has 140 valence electrons. The highest BCUT2D eigenvalue weighted by molar-refractivity contribution is 7.15. The minimum absolute atomic E-state index is 0.237. The predicted molar refractivity (Wildman–Crippen MR) is 107 cm³/mol. The molecule has 2 heterocycles. The summed E-state index contributed by atoms with van der Waals surface area (Å²) >= 11 is 7.37. The van der Waals surface area contributed by atoms with E-state index in [1.54, 1.807) is 6.20 Å². The lowest BCUT2D eigenvalue weighted by molar-refractivity contribution is 0.0693. The first-order valence-corrected chi connectivity index (χ1v) is 9.59. The van der Waals surface area contributed by atoms with E-state index in [0.717, 1.165) is 15.3 Å². The summed E-state index contributed by atoms with van der Waals surface area (Å²) in [7, 11) is 1.42. The third-order valence-corrected chi connectivity index (χ3v) is 5.54. The van der Waals surface area contributed by atoms with Gasteiger partial charge in [0.1, 0.15) is 0 Å². The Hall–Kier alpha value is -3.03. The molecule has 28 heavy (non-hydrogen) atoms. The van der Waals surface area contributed by atoms with Crippen molar-refractivity contribution in [2.24, 2.45) is 0 Å². The molecule has 0 atom stereocenters. The molecule has 0 unspecified atom stereocenters. The lowest BCUT2D eigenvalue weighted by Crippen LogP contribution is -2.24. The summed E-state index contributed by atoms with van der Waals surface area (Å²) in [5.74, 6) is -1.16. The van der Waals surface area contributed by atoms with E-state index in [-0.39, 0.29) is 17.4 Å². The van der Waals surface area contributed by atoms with Crippen LogP contribution in [0, 0.1) is 0 Å². The predicted octanol–water partition coefficient (Wildman–Crippen LogP) is 3.87. The molecule has 3 aromatic rings. The molecule has 1 aliphatic heterocycles. The van der Waals surface area contributed by atoms with Crippen molar-refractivity contribution in [3.63, 3.8) is 0 Å². The van der Waals surface area contributed by atoms with Gasteiger partial charge in [0.2, 0.25) is 0 Å². The summed E-state index contributed by atoms with van der Waals surface area (Å²) in [4.78, 5) is 42.8. The molecule has 1 N–H and O–H groups in total. The summed E-state index contributed by atoms with van der Waals surface area (Å²) in [5.41, 5.74) is 1.89. The van der Waals surface area contributed by atoms with Gasteiger partial charge in [-0.3, -0.25) is 24.6 Å². The van der Waals surface area contributed by atoms with Crippen LogP contribution in [-0.2, 0) is 6.42 Å². The molecule has 0 saturated carbocycles. The van der Waals surface area contributed by atoms with E-state index in [9.17, 15) is 14.4 Å². The zero-order valence-electron chi connectivity index (χ0n) is 14.7. The number of nitrogens with one attached hydrogen (secondary N) is 1. The first-order valence-electron chi connectivity index (χ1n) is 8.39. The standard InChI is InChI=1S/C20H14ClN3O3S/c1-24-18(26)15-6-5-12(9-16(15)19(24)27)17(25)23-20-22-10-14(28-20)8-11-3-2-4-13(21)7-11/h2-7,9-10H,8H2,1H3,(H,22,23,25). The lowest BCUT2D eigenvalue weighted by Gasteiger charge is -2.03. The Labute approximate surface area is 169 Å². The minimum atomic E-state index is -0.410. The van der Waals surface area contributed by atoms with Crippen molar-refractivity contribution in [1.82, 2.24) is 9.88 Å². The molecule has 8 heteroatoms. The van der Waals surface area contributed by atoms with E-state index in [1.165, 1.54) is 36.6 Å². The van der Waals surface area contributed by atoms with Gasteiger partial charge in [0.15, 0.2) is 5.13 Å². The zero-order chi connectivity index (χ0) is 19.8. The number of nitrogens with zero attached hydrogens (tertiary/aromatic N) is 2. The molecule has 0 bridgehead atoms. The Morgan fingerprint density at radius 3 is 2.71 bits per heavy atom. The maximum Gasteiger partial charge on any atom is 0.261 e. The second-order valence-electron chi connectivity index (χ2n) is 6.32. The molecule has 0 saturated heterocycles. The van der Waals surface area contributed by atoms with E-state index >= 15 is 0 Å². The maximum absolute atomic E-state index is 12.5. The largest absolute Gasteiger partial charge is 0.298 e. The van der Waals surface area contributed by atoms with Crippen molar-refractivity contribution in [3.05, 3.63) is 80.8 Å². The van der Waals surface area contributed by atoms with E-state index in [1.807, 2.05) is 24.3 Å². The fourth-order valence-corrected chi connectivity index (χ4v) is 4.02. The van der Waals surface area contributed by atoms with Gasteiger partial charge < -0.3 is 0 Å². The van der Waals surface area contributed by atoms with Crippen molar-refractivity contribution in [2.75, 3.05) is 12.4 Å². The molecule has 1 aromatic heterocycles. The molecule has 0 fully saturated rings. The molecule has 2 aromatic carbocycles. The fraction of sp³-hybridized carbons (Fsp3) is 0.100. The Balaban J connectivity index is 1.49. The van der Waals surface area contributed by atoms with Crippen LogP contribution < -0.4 is 5.32 Å². The van der Waals surface area contributed by atoms with Crippen LogP contribution in [-0.4, -0.2) is 34.7 Å². The molecule has 3 amide bonds. The van der Waals surface area contributed by atoms with Crippen LogP contribution in [0.5, 0.6) is 0 Å². The number of carbonyl (C=O) groups excluding carboxylic acids is 3. The SMILES string of the molecule is CN1C(=O)c2ccc(C(=O)Nc3ncc(Cc4cccc(Cl)c4)s3)cc2C1=O. The first-order chi connectivity index (χ1) is 13.4. The van der Waals surface area contributed by atoms with Crippen molar-refractivity contribution < 1.29 is 14.4 Å². The lowest BCUT2D eigenvalue weighted by atomic mass is 10.1. The number of amides is 3. The Morgan fingerprint density at radius 2 is 1.93 bits per heavy atom. The molecule has 0 spiro atoms. The summed E-state index contributed by atoms with van der Waals surface area (Å²) in [6, 6.07) is 12.0. The number of rotatable bonds is 4. The number of benzene rings is 2. The van der Waals surface area contributed by atoms with E-state index in [4.69, 9.17) is 11.6 Å². The highest BCUT2D eigenvalue weighted by atomic mass is 35.5. The van der Waals surface area contributed by atoms with E-state index < -0.39 is 5.91 Å². The minimum Gasteiger partial charge on any atom is -0.298 e. The maximum atomic E-state index is 12.5. The summed E-state index contributed by atoms with van der Waals surface area (Å²) < 4.78 is 0. The van der Waals surface area contributed by atoms with Crippen molar-refractivity contribution >= 4 is 45.8 Å². The number of thiazole rings is 1. The molecule has 1 aliphatic rings. The van der Waals surface area contributed by atoms with Gasteiger partial charge in [-0.25, -0.2) is 4.98 Å². The number of aromatic nitrogens is 1. The molecule has 4 rings (SSSR count). The summed E-state index contributed by atoms with van der Waals surface area (Å²) in [5, 5.41) is 3.87. The second-order valence-corrected chi connectivity index (χ2v) is 7.87. The van der Waals surface area contributed by atoms with E-state index in [0.29, 0.717) is 27.7 Å². The highest BCUT2D eigenvalue weighted by Crippen LogP contribution is 2.25. The Kier molecular flexibility index (Phi) is 4.70. The number of anilines is 1. The van der Waals surface area contributed by atoms with Gasteiger partial charge in [0.25, 0.3) is 17.7 Å². The number of hydrogen-bond donors (Lipinski definition) is 1. The first kappa shape index (κ1) is 18.3. The zero-order valence-corrected chi connectivity index (χ0v) is 16.3. The monoisotopic (exact) mass is 411 g/mol. The van der Waals surface area contributed by atoms with Crippen LogP contribution in [0.4, 0.5) is 5.13 Å². The average Bonchev–Trinajstić information content (AvgIpc) is 3.20. The van der Waals surface area contributed by atoms with Gasteiger partial charge in [-0.05, 0) is 35.9 Å². The van der Waals surface area contributed by atoms with E-state index in [2.05, 4.69) is 10.3 Å². The van der Waals surface area contributed by atoms with Crippen LogP contribution in [0.15, 0.2) is 48.7 Å². The topological polar surface area (TPSA) is 79.4 Å². The molecule has 6 nitrogen and oxygen atoms in total. The van der Waals surface area contributed by atoms with Gasteiger partial charge in [0, 0.05) is 35.1 Å². The highest BCUT2D eigenvalue weighted by Gasteiger charge is 2.33. The third kappa shape index (κ3) is 3.42. The van der Waals surface area contributed by atoms with Gasteiger partial charge in [-0.2, -0.15) is 0 Å². The van der Waals surface area contributed by atoms with Crippen LogP contribution in [0.3, 0.4) is 0 Å². The molecular formula is C20H14ClN3O3S. The third-order valence-electron chi connectivity index (χ3n) is 4.39. The fourth-order valence-electron chi connectivity index (χ4n) is 2.97. The number of fused-ring (bicyclic) bond motifs is 1. The Bertz CT molecular complexity index is 1130. The van der Waals surface area contributed by atoms with Crippen LogP contribution in [0.1, 0.15) is 41.5 Å². The van der Waals surface area contributed by atoms with Crippen LogP contribution in [0.25, 0.3) is 0 Å². The van der Waals surface area contributed by atoms with Gasteiger partial charge in [-0.15, -0.1) is 11.3 Å². The van der Waals surface area contributed by atoms with Gasteiger partial charge >= 0.3 is 0 Å². The number of hydrogen-bond acceptors (Lipinski definition) is 5. The molecular weight excluding hydrogens is 398 g/mol. The van der Waals surface area contributed by atoms with Crippen molar-refractivity contribution in [1.29, 1.82) is 0 Å².